The number of ether oxygens (including phenoxy) is 2. The lowest BCUT2D eigenvalue weighted by Crippen LogP contribution is -2.04. The van der Waals surface area contributed by atoms with Crippen LogP contribution in [0.2, 0.25) is 5.02 Å². The molecule has 1 aromatic carbocycles. The number of aryl methyl sites for hydroxylation is 1. The van der Waals surface area contributed by atoms with Crippen LogP contribution in [0.25, 0.3) is 11.4 Å². The van der Waals surface area contributed by atoms with Gasteiger partial charge in [-0.15, -0.1) is 0 Å². The van der Waals surface area contributed by atoms with Gasteiger partial charge in [0, 0.05) is 22.9 Å². The minimum absolute atomic E-state index is 0.0608. The minimum atomic E-state index is 0.0608. The number of hydrogen-bond donors (Lipinski definition) is 0. The van der Waals surface area contributed by atoms with Crippen molar-refractivity contribution >= 4 is 11.6 Å². The predicted molar refractivity (Wildman–Crippen MR) is 89.3 cm³/mol. The van der Waals surface area contributed by atoms with Crippen molar-refractivity contribution in [2.75, 3.05) is 7.11 Å². The van der Waals surface area contributed by atoms with Crippen LogP contribution >= 0.6 is 11.6 Å². The van der Waals surface area contributed by atoms with E-state index in [1.54, 1.807) is 19.4 Å². The maximum Gasteiger partial charge on any atom is 0.418 e. The van der Waals surface area contributed by atoms with Crippen LogP contribution in [0.4, 0.5) is 0 Å². The van der Waals surface area contributed by atoms with E-state index < -0.39 is 0 Å². The van der Waals surface area contributed by atoms with Crippen molar-refractivity contribution in [3.8, 4) is 23.2 Å². The Kier molecular flexibility index (Phi) is 4.66. The zero-order valence-corrected chi connectivity index (χ0v) is 14.3. The molecule has 0 amide bonds. The van der Waals surface area contributed by atoms with Crippen molar-refractivity contribution in [3.05, 3.63) is 52.3 Å². The minimum Gasteiger partial charge on any atom is -0.496 e. The number of hydrogen-bond acceptors (Lipinski definition) is 6. The van der Waals surface area contributed by atoms with E-state index in [4.69, 9.17) is 25.6 Å². The second-order valence-electron chi connectivity index (χ2n) is 5.20. The van der Waals surface area contributed by atoms with Crippen LogP contribution in [-0.2, 0) is 6.61 Å². The van der Waals surface area contributed by atoms with E-state index in [0.717, 1.165) is 22.6 Å². The molecule has 0 aliphatic rings. The monoisotopic (exact) mass is 345 g/mol. The summed E-state index contributed by atoms with van der Waals surface area (Å²) in [5.41, 5.74) is 3.32. The van der Waals surface area contributed by atoms with E-state index in [2.05, 4.69) is 15.1 Å². The summed E-state index contributed by atoms with van der Waals surface area (Å²) in [5, 5.41) is 4.44. The Morgan fingerprint density at radius 3 is 2.75 bits per heavy atom. The molecular formula is C17H16ClN3O3. The van der Waals surface area contributed by atoms with Gasteiger partial charge in [0.1, 0.15) is 12.4 Å². The number of methoxy groups -OCH3 is 1. The Labute approximate surface area is 144 Å². The van der Waals surface area contributed by atoms with E-state index in [1.165, 1.54) is 0 Å². The molecule has 0 bridgehead atoms. The van der Waals surface area contributed by atoms with Crippen LogP contribution in [0.15, 0.2) is 35.0 Å². The molecule has 124 valence electrons. The summed E-state index contributed by atoms with van der Waals surface area (Å²) in [6.45, 7) is 4.07. The van der Waals surface area contributed by atoms with Gasteiger partial charge in [0.15, 0.2) is 0 Å². The summed E-state index contributed by atoms with van der Waals surface area (Å²) in [6.07, 6.45) is 1.80. The van der Waals surface area contributed by atoms with E-state index in [-0.39, 0.29) is 12.7 Å². The number of aromatic nitrogens is 3. The van der Waals surface area contributed by atoms with Crippen LogP contribution in [0.5, 0.6) is 11.8 Å². The lowest BCUT2D eigenvalue weighted by molar-refractivity contribution is 0.192. The fraction of sp³-hybridized carbons (Fsp3) is 0.235. The highest BCUT2D eigenvalue weighted by molar-refractivity contribution is 6.33. The first-order chi connectivity index (χ1) is 11.6. The summed E-state index contributed by atoms with van der Waals surface area (Å²) in [7, 11) is 1.63. The first-order valence-corrected chi connectivity index (χ1v) is 7.68. The van der Waals surface area contributed by atoms with Gasteiger partial charge in [-0.1, -0.05) is 28.9 Å². The zero-order valence-electron chi connectivity index (χ0n) is 13.5. The van der Waals surface area contributed by atoms with Gasteiger partial charge in [0.05, 0.1) is 17.8 Å². The number of halogens is 1. The van der Waals surface area contributed by atoms with E-state index in [0.29, 0.717) is 16.4 Å². The highest BCUT2D eigenvalue weighted by atomic mass is 35.5. The Balaban J connectivity index is 1.76. The molecular weight excluding hydrogens is 330 g/mol. The van der Waals surface area contributed by atoms with Gasteiger partial charge < -0.3 is 9.47 Å². The third-order valence-electron chi connectivity index (χ3n) is 3.60. The fourth-order valence-corrected chi connectivity index (χ4v) is 2.59. The maximum absolute atomic E-state index is 6.12. The van der Waals surface area contributed by atoms with E-state index in [9.17, 15) is 0 Å². The maximum atomic E-state index is 6.12. The lowest BCUT2D eigenvalue weighted by Gasteiger charge is -2.11. The van der Waals surface area contributed by atoms with Gasteiger partial charge in [0.2, 0.25) is 5.82 Å². The molecule has 24 heavy (non-hydrogen) atoms. The summed E-state index contributed by atoms with van der Waals surface area (Å²) in [5.74, 6) is 1.17. The molecule has 2 aromatic heterocycles. The molecule has 3 rings (SSSR count). The van der Waals surface area contributed by atoms with Crippen molar-refractivity contribution in [1.29, 1.82) is 0 Å². The number of nitrogens with zero attached hydrogens (tertiary/aromatic N) is 3. The van der Waals surface area contributed by atoms with Crippen LogP contribution < -0.4 is 9.47 Å². The Hall–Kier alpha value is -2.60. The van der Waals surface area contributed by atoms with E-state index >= 15 is 0 Å². The smallest absolute Gasteiger partial charge is 0.418 e. The molecule has 2 heterocycles. The molecule has 0 atom stereocenters. The van der Waals surface area contributed by atoms with Gasteiger partial charge in [-0.2, -0.15) is 4.98 Å². The van der Waals surface area contributed by atoms with Crippen molar-refractivity contribution < 1.29 is 14.0 Å². The topological polar surface area (TPSA) is 70.3 Å². The van der Waals surface area contributed by atoms with Gasteiger partial charge in [-0.25, -0.2) is 0 Å². The quantitative estimate of drug-likeness (QED) is 0.696. The first kappa shape index (κ1) is 16.3. The van der Waals surface area contributed by atoms with Gasteiger partial charge in [0.25, 0.3) is 0 Å². The third kappa shape index (κ3) is 3.19. The first-order valence-electron chi connectivity index (χ1n) is 7.30. The highest BCUT2D eigenvalue weighted by Crippen LogP contribution is 2.27. The number of benzene rings is 1. The largest absolute Gasteiger partial charge is 0.496 e. The van der Waals surface area contributed by atoms with Gasteiger partial charge >= 0.3 is 6.08 Å². The molecule has 0 saturated carbocycles. The van der Waals surface area contributed by atoms with Crippen LogP contribution in [0.3, 0.4) is 0 Å². The summed E-state index contributed by atoms with van der Waals surface area (Å²) in [6, 6.07) is 7.26. The molecule has 0 radical (unpaired) electrons. The Morgan fingerprint density at radius 1 is 1.21 bits per heavy atom. The van der Waals surface area contributed by atoms with Crippen molar-refractivity contribution in [2.45, 2.75) is 20.5 Å². The van der Waals surface area contributed by atoms with Crippen molar-refractivity contribution in [2.24, 2.45) is 0 Å². The van der Waals surface area contributed by atoms with Crippen LogP contribution in [0, 0.1) is 13.8 Å². The van der Waals surface area contributed by atoms with Gasteiger partial charge in [-0.05, 0) is 26.0 Å². The lowest BCUT2D eigenvalue weighted by atomic mass is 10.1. The molecule has 0 aliphatic heterocycles. The third-order valence-corrected chi connectivity index (χ3v) is 3.93. The summed E-state index contributed by atoms with van der Waals surface area (Å²) >= 11 is 6.12. The normalized spacial score (nSPS) is 10.7. The fourth-order valence-electron chi connectivity index (χ4n) is 2.37. The summed E-state index contributed by atoms with van der Waals surface area (Å²) < 4.78 is 16.0. The van der Waals surface area contributed by atoms with Crippen molar-refractivity contribution in [3.63, 3.8) is 0 Å². The molecule has 7 heteroatoms. The molecule has 6 nitrogen and oxygen atoms in total. The average molecular weight is 346 g/mol. The van der Waals surface area contributed by atoms with Crippen LogP contribution in [-0.4, -0.2) is 22.2 Å². The molecule has 3 aromatic rings. The molecule has 0 N–H and O–H groups in total. The SMILES string of the molecule is COc1c(C)cnc(COc2nc(-c3ccccc3Cl)no2)c1C. The second kappa shape index (κ2) is 6.88. The Bertz CT molecular complexity index is 864. The molecule has 0 saturated heterocycles. The molecule has 0 unspecified atom stereocenters. The second-order valence-corrected chi connectivity index (χ2v) is 5.61. The highest BCUT2D eigenvalue weighted by Gasteiger charge is 2.14. The van der Waals surface area contributed by atoms with E-state index in [1.807, 2.05) is 32.0 Å². The predicted octanol–water partition coefficient (Wildman–Crippen LogP) is 3.99. The molecule has 0 spiro atoms. The molecule has 0 fully saturated rings. The average Bonchev–Trinajstić information content (AvgIpc) is 3.04. The number of rotatable bonds is 5. The standard InChI is InChI=1S/C17H16ClN3O3/c1-10-8-19-14(11(2)15(10)22-3)9-23-17-20-16(21-24-17)12-6-4-5-7-13(12)18/h4-8H,9H2,1-3H3. The van der Waals surface area contributed by atoms with Gasteiger partial charge in [-0.3, -0.25) is 9.51 Å². The Morgan fingerprint density at radius 2 is 2.00 bits per heavy atom. The van der Waals surface area contributed by atoms with Crippen molar-refractivity contribution in [1.82, 2.24) is 15.1 Å². The number of pyridine rings is 1. The van der Waals surface area contributed by atoms with Crippen LogP contribution in [0.1, 0.15) is 16.8 Å². The summed E-state index contributed by atoms with van der Waals surface area (Å²) in [4.78, 5) is 8.57. The zero-order chi connectivity index (χ0) is 17.1. The molecule has 0 aliphatic carbocycles.